The molecule has 3 aromatic rings. The van der Waals surface area contributed by atoms with E-state index in [2.05, 4.69) is 15.5 Å². The number of methoxy groups -OCH3 is 2. The number of hydrogen-bond acceptors (Lipinski definition) is 7. The smallest absolute Gasteiger partial charge is 0.234 e. The summed E-state index contributed by atoms with van der Waals surface area (Å²) in [5.74, 6) is 6.96. The highest BCUT2D eigenvalue weighted by Gasteiger charge is 2.17. The van der Waals surface area contributed by atoms with Crippen molar-refractivity contribution in [3.8, 4) is 22.9 Å². The van der Waals surface area contributed by atoms with Crippen molar-refractivity contribution in [1.29, 1.82) is 0 Å². The molecule has 3 N–H and O–H groups in total. The second kappa shape index (κ2) is 9.65. The highest BCUT2D eigenvalue weighted by molar-refractivity contribution is 7.99. The topological polar surface area (TPSA) is 104 Å². The van der Waals surface area contributed by atoms with Crippen LogP contribution < -0.4 is 20.6 Å². The molecule has 0 radical (unpaired) electrons. The number of nitrogens with two attached hydrogens (primary N) is 1. The van der Waals surface area contributed by atoms with Gasteiger partial charge >= 0.3 is 0 Å². The van der Waals surface area contributed by atoms with Crippen LogP contribution in [0.15, 0.2) is 35.5 Å². The number of anilines is 1. The lowest BCUT2D eigenvalue weighted by Gasteiger charge is -2.13. The first-order valence-corrected chi connectivity index (χ1v) is 10.5. The first kappa shape index (κ1) is 22.4. The van der Waals surface area contributed by atoms with Crippen molar-refractivity contribution in [1.82, 2.24) is 14.9 Å². The van der Waals surface area contributed by atoms with Gasteiger partial charge < -0.3 is 20.6 Å². The minimum Gasteiger partial charge on any atom is -0.495 e. The fourth-order valence-corrected chi connectivity index (χ4v) is 3.88. The van der Waals surface area contributed by atoms with Gasteiger partial charge in [0.2, 0.25) is 11.1 Å². The Morgan fingerprint density at radius 3 is 2.50 bits per heavy atom. The monoisotopic (exact) mass is 487 g/mol. The molecule has 0 bridgehead atoms. The maximum atomic E-state index is 12.4. The van der Waals surface area contributed by atoms with Crippen molar-refractivity contribution in [2.45, 2.75) is 5.16 Å². The van der Waals surface area contributed by atoms with Gasteiger partial charge in [0.1, 0.15) is 11.5 Å². The van der Waals surface area contributed by atoms with E-state index >= 15 is 0 Å². The highest BCUT2D eigenvalue weighted by atomic mass is 35.5. The van der Waals surface area contributed by atoms with Crippen LogP contribution in [0.2, 0.25) is 15.1 Å². The Morgan fingerprint density at radius 1 is 1.10 bits per heavy atom. The first-order valence-electron chi connectivity index (χ1n) is 8.34. The first-order chi connectivity index (χ1) is 14.3. The number of hydrogen-bond donors (Lipinski definition) is 2. The number of benzene rings is 2. The molecule has 30 heavy (non-hydrogen) atoms. The van der Waals surface area contributed by atoms with Gasteiger partial charge in [-0.2, -0.15) is 0 Å². The Labute approximate surface area is 191 Å². The molecule has 0 fully saturated rings. The number of thioether (sulfide) groups is 1. The van der Waals surface area contributed by atoms with E-state index in [0.717, 1.165) is 11.8 Å². The molecule has 0 saturated carbocycles. The summed E-state index contributed by atoms with van der Waals surface area (Å²) in [6.07, 6.45) is 0. The standard InChI is InChI=1S/C18H16Cl3N5O3S/c1-28-14-7-13(15(29-2)6-12(14)21)23-16(27)8-30-18-25-24-17(26(18)22)10-4-3-9(19)5-11(10)20/h3-7H,8,22H2,1-2H3,(H,23,27). The molecule has 1 amide bonds. The number of aromatic nitrogens is 3. The van der Waals surface area contributed by atoms with Gasteiger partial charge in [-0.1, -0.05) is 46.6 Å². The number of nitrogens with zero attached hydrogens (tertiary/aromatic N) is 3. The lowest BCUT2D eigenvalue weighted by molar-refractivity contribution is -0.113. The maximum absolute atomic E-state index is 12.4. The van der Waals surface area contributed by atoms with Crippen molar-refractivity contribution >= 4 is 58.2 Å². The summed E-state index contributed by atoms with van der Waals surface area (Å²) in [6.45, 7) is 0. The fraction of sp³-hybridized carbons (Fsp3) is 0.167. The normalized spacial score (nSPS) is 10.7. The largest absolute Gasteiger partial charge is 0.495 e. The molecule has 0 saturated heterocycles. The van der Waals surface area contributed by atoms with E-state index in [-0.39, 0.29) is 11.7 Å². The molecular weight excluding hydrogens is 473 g/mol. The van der Waals surface area contributed by atoms with Crippen LogP contribution in [-0.4, -0.2) is 40.8 Å². The number of amides is 1. The Kier molecular flexibility index (Phi) is 7.19. The van der Waals surface area contributed by atoms with Gasteiger partial charge in [0.15, 0.2) is 5.82 Å². The molecule has 2 aromatic carbocycles. The number of nitrogens with one attached hydrogen (secondary N) is 1. The van der Waals surface area contributed by atoms with Crippen LogP contribution >= 0.6 is 46.6 Å². The molecule has 0 aliphatic heterocycles. The molecule has 158 valence electrons. The molecule has 0 unspecified atom stereocenters. The fourth-order valence-electron chi connectivity index (χ4n) is 2.50. The molecule has 8 nitrogen and oxygen atoms in total. The molecule has 0 aliphatic carbocycles. The third-order valence-corrected chi connectivity index (χ3v) is 5.70. The van der Waals surface area contributed by atoms with Gasteiger partial charge in [-0.25, -0.2) is 4.68 Å². The molecule has 0 spiro atoms. The van der Waals surface area contributed by atoms with Gasteiger partial charge in [-0.3, -0.25) is 4.79 Å². The average Bonchev–Trinajstić information content (AvgIpc) is 3.07. The van der Waals surface area contributed by atoms with Gasteiger partial charge in [0.25, 0.3) is 0 Å². The zero-order chi connectivity index (χ0) is 21.8. The minimum absolute atomic E-state index is 0.0256. The second-order valence-electron chi connectivity index (χ2n) is 5.82. The van der Waals surface area contributed by atoms with Crippen molar-refractivity contribution in [3.05, 3.63) is 45.4 Å². The second-order valence-corrected chi connectivity index (χ2v) is 8.02. The lowest BCUT2D eigenvalue weighted by Crippen LogP contribution is -2.17. The van der Waals surface area contributed by atoms with Gasteiger partial charge in [-0.05, 0) is 18.2 Å². The molecule has 3 rings (SSSR count). The Morgan fingerprint density at radius 2 is 1.83 bits per heavy atom. The van der Waals surface area contributed by atoms with E-state index in [4.69, 9.17) is 50.1 Å². The van der Waals surface area contributed by atoms with Crippen molar-refractivity contribution in [2.75, 3.05) is 31.1 Å². The van der Waals surface area contributed by atoms with E-state index in [0.29, 0.717) is 48.8 Å². The van der Waals surface area contributed by atoms with Crippen LogP contribution in [0.3, 0.4) is 0 Å². The third kappa shape index (κ3) is 4.86. The lowest BCUT2D eigenvalue weighted by atomic mass is 10.2. The van der Waals surface area contributed by atoms with Gasteiger partial charge in [0, 0.05) is 22.7 Å². The number of halogens is 3. The minimum atomic E-state index is -0.309. The SMILES string of the molecule is COc1cc(NC(=O)CSc2nnc(-c3ccc(Cl)cc3Cl)n2N)c(OC)cc1Cl. The van der Waals surface area contributed by atoms with Crippen LogP contribution in [0.25, 0.3) is 11.4 Å². The predicted octanol–water partition coefficient (Wildman–Crippen LogP) is 4.37. The molecule has 0 atom stereocenters. The average molecular weight is 489 g/mol. The summed E-state index contributed by atoms with van der Waals surface area (Å²) in [5.41, 5.74) is 0.998. The van der Waals surface area contributed by atoms with Crippen LogP contribution in [0, 0.1) is 0 Å². The van der Waals surface area contributed by atoms with Gasteiger partial charge in [0.05, 0.1) is 35.7 Å². The van der Waals surface area contributed by atoms with E-state index in [1.165, 1.54) is 18.9 Å². The quantitative estimate of drug-likeness (QED) is 0.376. The highest BCUT2D eigenvalue weighted by Crippen LogP contribution is 2.36. The molecule has 0 aliphatic rings. The third-order valence-electron chi connectivity index (χ3n) is 3.92. The van der Waals surface area contributed by atoms with Crippen LogP contribution in [-0.2, 0) is 4.79 Å². The van der Waals surface area contributed by atoms with E-state index < -0.39 is 0 Å². The van der Waals surface area contributed by atoms with Crippen molar-refractivity contribution in [3.63, 3.8) is 0 Å². The van der Waals surface area contributed by atoms with Crippen LogP contribution in [0.1, 0.15) is 0 Å². The van der Waals surface area contributed by atoms with Crippen LogP contribution in [0.5, 0.6) is 11.5 Å². The van der Waals surface area contributed by atoms with E-state index in [9.17, 15) is 4.79 Å². The van der Waals surface area contributed by atoms with Gasteiger partial charge in [-0.15, -0.1) is 10.2 Å². The Bertz CT molecular complexity index is 1090. The summed E-state index contributed by atoms with van der Waals surface area (Å²) in [7, 11) is 2.95. The number of carbonyl (C=O) groups excluding carboxylic acids is 1. The van der Waals surface area contributed by atoms with E-state index in [1.54, 1.807) is 30.3 Å². The van der Waals surface area contributed by atoms with Crippen molar-refractivity contribution in [2.24, 2.45) is 0 Å². The molecule has 12 heteroatoms. The maximum Gasteiger partial charge on any atom is 0.234 e. The Hall–Kier alpha value is -2.33. The van der Waals surface area contributed by atoms with E-state index in [1.807, 2.05) is 0 Å². The zero-order valence-corrected chi connectivity index (χ0v) is 18.9. The molecule has 1 heterocycles. The summed E-state index contributed by atoms with van der Waals surface area (Å²) in [5, 5.41) is 12.4. The summed E-state index contributed by atoms with van der Waals surface area (Å²) < 4.78 is 11.7. The van der Waals surface area contributed by atoms with Crippen molar-refractivity contribution < 1.29 is 14.3 Å². The predicted molar refractivity (Wildman–Crippen MR) is 120 cm³/mol. The summed E-state index contributed by atoms with van der Waals surface area (Å²) >= 11 is 19.3. The number of ether oxygens (including phenoxy) is 2. The Balaban J connectivity index is 1.71. The summed E-state index contributed by atoms with van der Waals surface area (Å²) in [4.78, 5) is 12.4. The summed E-state index contributed by atoms with van der Waals surface area (Å²) in [6, 6.07) is 8.09. The number of rotatable bonds is 7. The van der Waals surface area contributed by atoms with Crippen LogP contribution in [0.4, 0.5) is 5.69 Å². The molecule has 1 aromatic heterocycles. The molecular formula is C18H16Cl3N5O3S. The number of nitrogen functional groups attached to an aromatic ring is 1. The number of carbonyl (C=O) groups is 1. The zero-order valence-electron chi connectivity index (χ0n) is 15.8.